The van der Waals surface area contributed by atoms with Crippen LogP contribution in [0.5, 0.6) is 0 Å². The molecule has 0 unspecified atom stereocenters. The first-order valence-electron chi connectivity index (χ1n) is 19.0. The zero-order chi connectivity index (χ0) is 38.8. The molecule has 2 aliphatic heterocycles. The van der Waals surface area contributed by atoms with Crippen LogP contribution >= 0.6 is 0 Å². The number of carbonyl (C=O) groups excluding carboxylic acids is 3. The third-order valence-corrected chi connectivity index (χ3v) is 11.1. The molecule has 0 aliphatic carbocycles. The maximum absolute atomic E-state index is 14.9. The van der Waals surface area contributed by atoms with E-state index in [0.29, 0.717) is 43.7 Å². The van der Waals surface area contributed by atoms with E-state index in [9.17, 15) is 14.4 Å². The van der Waals surface area contributed by atoms with Gasteiger partial charge in [0.25, 0.3) is 11.8 Å². The summed E-state index contributed by atoms with van der Waals surface area (Å²) in [6.45, 7) is 6.26. The molecule has 0 bridgehead atoms. The lowest BCUT2D eigenvalue weighted by Crippen LogP contribution is -2.43. The first-order valence-corrected chi connectivity index (χ1v) is 19.0. The Kier molecular flexibility index (Phi) is 10.8. The van der Waals surface area contributed by atoms with Crippen molar-refractivity contribution in [1.82, 2.24) is 19.3 Å². The molecule has 280 valence electrons. The zero-order valence-electron chi connectivity index (χ0n) is 32.7. The van der Waals surface area contributed by atoms with Gasteiger partial charge in [-0.25, -0.2) is 0 Å². The van der Waals surface area contributed by atoms with Gasteiger partial charge in [0, 0.05) is 73.5 Å². The van der Waals surface area contributed by atoms with Crippen LogP contribution in [0, 0.1) is 18.8 Å². The Balaban J connectivity index is 1.22. The first kappa shape index (κ1) is 37.4. The van der Waals surface area contributed by atoms with Crippen LogP contribution in [-0.4, -0.2) is 77.3 Å². The van der Waals surface area contributed by atoms with E-state index >= 15 is 0 Å². The normalized spacial score (nSPS) is 14.9. The molecule has 8 nitrogen and oxygen atoms in total. The summed E-state index contributed by atoms with van der Waals surface area (Å²) in [6.07, 6.45) is 1.72. The second kappa shape index (κ2) is 15.8. The molecule has 0 saturated heterocycles. The molecule has 0 radical (unpaired) electrons. The molecule has 0 spiro atoms. The van der Waals surface area contributed by atoms with Gasteiger partial charge in [-0.05, 0) is 111 Å². The minimum atomic E-state index is -0.113. The van der Waals surface area contributed by atoms with Gasteiger partial charge < -0.3 is 19.3 Å². The third-order valence-electron chi connectivity index (χ3n) is 11.1. The number of carbonyl (C=O) groups is 3. The van der Waals surface area contributed by atoms with Gasteiger partial charge in [-0.3, -0.25) is 19.3 Å². The molecule has 0 fully saturated rings. The van der Waals surface area contributed by atoms with Crippen LogP contribution in [0.25, 0.3) is 11.3 Å². The van der Waals surface area contributed by atoms with Crippen LogP contribution in [-0.2, 0) is 44.2 Å². The smallest absolute Gasteiger partial charge is 0.259 e. The largest absolute Gasteiger partial charge is 0.347 e. The van der Waals surface area contributed by atoms with Crippen LogP contribution in [0.15, 0.2) is 97.1 Å². The fourth-order valence-corrected chi connectivity index (χ4v) is 7.79. The topological polar surface area (TPSA) is 69.1 Å². The van der Waals surface area contributed by atoms with E-state index in [4.69, 9.17) is 0 Å². The number of para-hydroxylation sites is 1. The lowest BCUT2D eigenvalue weighted by Gasteiger charge is -2.36. The Morgan fingerprint density at radius 3 is 2.31 bits per heavy atom. The molecule has 5 aromatic rings. The molecule has 0 N–H and O–H groups in total. The van der Waals surface area contributed by atoms with Crippen molar-refractivity contribution in [3.63, 3.8) is 0 Å². The monoisotopic (exact) mass is 731 g/mol. The summed E-state index contributed by atoms with van der Waals surface area (Å²) in [6, 6.07) is 31.9. The van der Waals surface area contributed by atoms with Gasteiger partial charge in [-0.15, -0.1) is 0 Å². The van der Waals surface area contributed by atoms with Crippen molar-refractivity contribution in [3.8, 4) is 23.1 Å². The SMILES string of the molecule is Cc1c(C(=O)N(C)c2ccccc2)cc(-c2cc3c(cc2C(=O)N2Cc4ccccc4C[C@H]2C)CN(C(=O)Cc2cccc(C#CCN(C)C)c2)CC3)n1C. The van der Waals surface area contributed by atoms with E-state index < -0.39 is 0 Å². The average Bonchev–Trinajstić information content (AvgIpc) is 3.49. The van der Waals surface area contributed by atoms with Crippen molar-refractivity contribution in [1.29, 1.82) is 0 Å². The molecule has 7 rings (SSSR count). The summed E-state index contributed by atoms with van der Waals surface area (Å²) >= 11 is 0. The van der Waals surface area contributed by atoms with Gasteiger partial charge >= 0.3 is 0 Å². The van der Waals surface area contributed by atoms with Gasteiger partial charge in [0.1, 0.15) is 0 Å². The highest BCUT2D eigenvalue weighted by molar-refractivity contribution is 6.08. The van der Waals surface area contributed by atoms with Gasteiger partial charge in [0.2, 0.25) is 5.91 Å². The van der Waals surface area contributed by atoms with Crippen LogP contribution in [0.4, 0.5) is 5.69 Å². The van der Waals surface area contributed by atoms with Crippen molar-refractivity contribution in [2.24, 2.45) is 7.05 Å². The number of fused-ring (bicyclic) bond motifs is 2. The summed E-state index contributed by atoms with van der Waals surface area (Å²) < 4.78 is 2.02. The summed E-state index contributed by atoms with van der Waals surface area (Å²) in [5.41, 5.74) is 10.8. The molecule has 0 saturated carbocycles. The minimum Gasteiger partial charge on any atom is -0.347 e. The highest BCUT2D eigenvalue weighted by Gasteiger charge is 2.32. The highest BCUT2D eigenvalue weighted by atomic mass is 16.2. The number of amides is 3. The minimum absolute atomic E-state index is 0.000460. The second-order valence-electron chi connectivity index (χ2n) is 15.2. The average molecular weight is 732 g/mol. The molecular formula is C47H49N5O3. The van der Waals surface area contributed by atoms with Crippen molar-refractivity contribution in [2.45, 2.75) is 52.2 Å². The number of hydrogen-bond acceptors (Lipinski definition) is 4. The van der Waals surface area contributed by atoms with Crippen LogP contribution in [0.2, 0.25) is 0 Å². The maximum Gasteiger partial charge on any atom is 0.259 e. The van der Waals surface area contributed by atoms with Gasteiger partial charge in [-0.2, -0.15) is 0 Å². The van der Waals surface area contributed by atoms with Crippen LogP contribution < -0.4 is 4.90 Å². The molecule has 55 heavy (non-hydrogen) atoms. The summed E-state index contributed by atoms with van der Waals surface area (Å²) in [5, 5.41) is 0. The van der Waals surface area contributed by atoms with Gasteiger partial charge in [0.05, 0.1) is 18.5 Å². The Morgan fingerprint density at radius 2 is 1.55 bits per heavy atom. The molecule has 3 heterocycles. The summed E-state index contributed by atoms with van der Waals surface area (Å²) in [4.78, 5) is 50.2. The molecular weight excluding hydrogens is 683 g/mol. The van der Waals surface area contributed by atoms with Crippen molar-refractivity contribution < 1.29 is 14.4 Å². The van der Waals surface area contributed by atoms with Crippen molar-refractivity contribution in [2.75, 3.05) is 39.1 Å². The number of nitrogens with zero attached hydrogens (tertiary/aromatic N) is 5. The van der Waals surface area contributed by atoms with Crippen molar-refractivity contribution >= 4 is 23.4 Å². The number of anilines is 1. The lowest BCUT2D eigenvalue weighted by molar-refractivity contribution is -0.131. The summed E-state index contributed by atoms with van der Waals surface area (Å²) in [7, 11) is 7.72. The second-order valence-corrected chi connectivity index (χ2v) is 15.2. The number of hydrogen-bond donors (Lipinski definition) is 0. The fraction of sp³-hybridized carbons (Fsp3) is 0.298. The molecule has 1 aromatic heterocycles. The van der Waals surface area contributed by atoms with E-state index in [1.165, 1.54) is 5.56 Å². The van der Waals surface area contributed by atoms with E-state index in [-0.39, 0.29) is 30.2 Å². The molecule has 4 aromatic carbocycles. The highest BCUT2D eigenvalue weighted by Crippen LogP contribution is 2.36. The molecule has 2 aliphatic rings. The van der Waals surface area contributed by atoms with Gasteiger partial charge in [0.15, 0.2) is 0 Å². The number of rotatable bonds is 7. The number of benzene rings is 4. The molecule has 3 amide bonds. The number of aromatic nitrogens is 1. The first-order chi connectivity index (χ1) is 26.5. The summed E-state index contributed by atoms with van der Waals surface area (Å²) in [5.74, 6) is 6.26. The predicted octanol–water partition coefficient (Wildman–Crippen LogP) is 6.90. The lowest BCUT2D eigenvalue weighted by atomic mass is 9.89. The quantitative estimate of drug-likeness (QED) is 0.171. The predicted molar refractivity (Wildman–Crippen MR) is 219 cm³/mol. The van der Waals surface area contributed by atoms with E-state index in [2.05, 4.69) is 43.0 Å². The molecule has 1 atom stereocenters. The third kappa shape index (κ3) is 7.85. The molecule has 8 heteroatoms. The van der Waals surface area contributed by atoms with Crippen molar-refractivity contribution in [3.05, 3.63) is 147 Å². The van der Waals surface area contributed by atoms with Crippen LogP contribution in [0.1, 0.15) is 66.7 Å². The van der Waals surface area contributed by atoms with E-state index in [0.717, 1.165) is 56.9 Å². The Labute approximate surface area is 325 Å². The van der Waals surface area contributed by atoms with E-state index in [1.54, 1.807) is 11.9 Å². The fourth-order valence-electron chi connectivity index (χ4n) is 7.79. The van der Waals surface area contributed by atoms with E-state index in [1.807, 2.05) is 120 Å². The standard InChI is InChI=1S/C47H49N5O3/c1-32-24-36-17-10-11-18-38(36)31-52(32)47(55)43-28-39-30-51(45(53)26-35-15-12-14-34(25-35)16-13-22-48(3)4)23-21-37(39)27-42(43)44-29-41(33(2)49(44)5)46(54)50(6)40-19-8-7-9-20-40/h7-12,14-15,17-20,25,27-29,32H,21-24,26,30-31H2,1-6H3/t32-/m1/s1. The Morgan fingerprint density at radius 1 is 0.800 bits per heavy atom. The van der Waals surface area contributed by atoms with Crippen LogP contribution in [0.3, 0.4) is 0 Å². The maximum atomic E-state index is 14.9. The Bertz CT molecular complexity index is 2330. The zero-order valence-corrected chi connectivity index (χ0v) is 32.7. The van der Waals surface area contributed by atoms with Gasteiger partial charge in [-0.1, -0.05) is 66.4 Å². The Hall–Kier alpha value is -5.91.